The lowest BCUT2D eigenvalue weighted by Gasteiger charge is -2.49. The topological polar surface area (TPSA) is 176 Å². The van der Waals surface area contributed by atoms with Gasteiger partial charge in [0.15, 0.2) is 11.3 Å². The number of piperidine rings is 1. The normalized spacial score (nSPS) is 21.9. The monoisotopic (exact) mass is 790 g/mol. The highest BCUT2D eigenvalue weighted by Gasteiger charge is 2.48. The SMILES string of the molecule is CC(C)Oc1cc2nn([C@H]3CC[C@H](N(C)CC4(F)CN(c5ccc6c(c5)C(=O)N(C5CCC(=O)NC5=O)C6=O)C4)CC3)cc2cc1NC(=O)c1cnn2cccnc12. The zero-order valence-corrected chi connectivity index (χ0v) is 32.4. The smallest absolute Gasteiger partial charge is 0.262 e. The van der Waals surface area contributed by atoms with Crippen LogP contribution in [-0.4, -0.2) is 114 Å². The molecule has 58 heavy (non-hydrogen) atoms. The number of benzene rings is 2. The Balaban J connectivity index is 0.811. The van der Waals surface area contributed by atoms with Crippen molar-refractivity contribution < 1.29 is 33.1 Å². The summed E-state index contributed by atoms with van der Waals surface area (Å²) in [7, 11) is 1.97. The van der Waals surface area contributed by atoms with E-state index in [1.54, 1.807) is 41.2 Å². The molecular weight excluding hydrogens is 748 g/mol. The minimum Gasteiger partial charge on any atom is -0.489 e. The third-order valence-corrected chi connectivity index (χ3v) is 11.7. The first-order valence-electron chi connectivity index (χ1n) is 19.6. The van der Waals surface area contributed by atoms with Crippen molar-refractivity contribution in [1.82, 2.24) is 39.5 Å². The Labute approximate surface area is 332 Å². The molecule has 9 rings (SSSR count). The van der Waals surface area contributed by atoms with Crippen molar-refractivity contribution in [3.63, 3.8) is 0 Å². The number of hydrogen-bond acceptors (Lipinski definition) is 11. The van der Waals surface area contributed by atoms with E-state index in [9.17, 15) is 24.0 Å². The molecule has 4 aliphatic rings. The Hall–Kier alpha value is -6.23. The van der Waals surface area contributed by atoms with Crippen molar-refractivity contribution in [2.45, 2.75) is 82.3 Å². The number of halogens is 1. The number of imide groups is 2. The average Bonchev–Trinajstić information content (AvgIpc) is 3.88. The van der Waals surface area contributed by atoms with Gasteiger partial charge in [0.05, 0.1) is 53.8 Å². The standard InChI is InChI=1S/C41H43FN10O6/c1-23(2)58-34-17-31-24(15-32(34)45-37(54)30-18-44-50-14-4-13-43-36(30)50)19-51(47-31)26-7-5-25(6-8-26)48(3)20-41(42)21-49(22-41)27-9-10-28-29(16-27)40(57)52(39(28)56)33-11-12-35(53)46-38(33)55/h4,9-10,13-19,23,25-26,33H,5-8,11-12,20-22H2,1-3H3,(H,45,54)(H,46,53,55)/t25-,26-,33?. The van der Waals surface area contributed by atoms with Gasteiger partial charge in [-0.3, -0.25) is 38.9 Å². The summed E-state index contributed by atoms with van der Waals surface area (Å²) in [6.07, 6.45) is 10.3. The molecule has 1 aliphatic carbocycles. The van der Waals surface area contributed by atoms with Gasteiger partial charge < -0.3 is 19.9 Å². The van der Waals surface area contributed by atoms with Crippen molar-refractivity contribution in [2.75, 3.05) is 36.9 Å². The van der Waals surface area contributed by atoms with Crippen molar-refractivity contribution in [2.24, 2.45) is 0 Å². The van der Waals surface area contributed by atoms with Crippen LogP contribution < -0.4 is 20.3 Å². The second-order valence-corrected chi connectivity index (χ2v) is 16.1. The highest BCUT2D eigenvalue weighted by molar-refractivity contribution is 6.23. The minimum atomic E-state index is -1.45. The van der Waals surface area contributed by atoms with Crippen LogP contribution in [0, 0.1) is 0 Å². The van der Waals surface area contributed by atoms with E-state index in [2.05, 4.69) is 25.6 Å². The number of carbonyl (C=O) groups excluding carboxylic acids is 5. The van der Waals surface area contributed by atoms with Gasteiger partial charge >= 0.3 is 0 Å². The molecule has 5 aromatic rings. The molecule has 5 amide bonds. The number of anilines is 2. The molecule has 3 aromatic heterocycles. The van der Waals surface area contributed by atoms with E-state index in [1.165, 1.54) is 6.20 Å². The summed E-state index contributed by atoms with van der Waals surface area (Å²) in [4.78, 5) is 73.0. The molecule has 0 radical (unpaired) electrons. The van der Waals surface area contributed by atoms with E-state index in [-0.39, 0.29) is 67.7 Å². The van der Waals surface area contributed by atoms with Crippen molar-refractivity contribution in [1.29, 1.82) is 0 Å². The molecule has 0 bridgehead atoms. The molecule has 3 aliphatic heterocycles. The van der Waals surface area contributed by atoms with Crippen LogP contribution in [0.4, 0.5) is 15.8 Å². The Morgan fingerprint density at radius 1 is 1.05 bits per heavy atom. The molecule has 300 valence electrons. The van der Waals surface area contributed by atoms with Gasteiger partial charge in [-0.05, 0) is 83.3 Å². The van der Waals surface area contributed by atoms with Gasteiger partial charge in [0.1, 0.15) is 17.4 Å². The van der Waals surface area contributed by atoms with E-state index in [0.717, 1.165) is 41.5 Å². The van der Waals surface area contributed by atoms with Gasteiger partial charge in [-0.15, -0.1) is 0 Å². The number of aromatic nitrogens is 5. The zero-order chi connectivity index (χ0) is 40.5. The Morgan fingerprint density at radius 3 is 2.59 bits per heavy atom. The quantitative estimate of drug-likeness (QED) is 0.194. The molecule has 16 nitrogen and oxygen atoms in total. The average molecular weight is 791 g/mol. The van der Waals surface area contributed by atoms with E-state index in [1.807, 2.05) is 48.8 Å². The summed E-state index contributed by atoms with van der Waals surface area (Å²) in [5.41, 5.74) is 1.64. The number of fused-ring (bicyclic) bond motifs is 3. The number of nitrogens with zero attached hydrogens (tertiary/aromatic N) is 8. The van der Waals surface area contributed by atoms with E-state index >= 15 is 4.39 Å². The third-order valence-electron chi connectivity index (χ3n) is 11.7. The molecular formula is C41H43FN10O6. The van der Waals surface area contributed by atoms with Gasteiger partial charge in [0, 0.05) is 54.7 Å². The Morgan fingerprint density at radius 2 is 1.83 bits per heavy atom. The first-order chi connectivity index (χ1) is 27.8. The van der Waals surface area contributed by atoms with Crippen molar-refractivity contribution in [3.05, 3.63) is 77.9 Å². The largest absolute Gasteiger partial charge is 0.489 e. The zero-order valence-electron chi connectivity index (χ0n) is 32.4. The maximum Gasteiger partial charge on any atom is 0.262 e. The van der Waals surface area contributed by atoms with Crippen LogP contribution in [0.3, 0.4) is 0 Å². The van der Waals surface area contributed by atoms with Crippen LogP contribution >= 0.6 is 0 Å². The van der Waals surface area contributed by atoms with Crippen LogP contribution in [0.15, 0.2) is 61.2 Å². The van der Waals surface area contributed by atoms with E-state index in [4.69, 9.17) is 9.84 Å². The fourth-order valence-corrected chi connectivity index (χ4v) is 8.80. The van der Waals surface area contributed by atoms with Gasteiger partial charge in [-0.2, -0.15) is 10.2 Å². The van der Waals surface area contributed by atoms with E-state index < -0.39 is 35.3 Å². The van der Waals surface area contributed by atoms with Crippen LogP contribution in [0.1, 0.15) is 89.5 Å². The number of alkyl halides is 1. The summed E-state index contributed by atoms with van der Waals surface area (Å²) in [5, 5.41) is 15.2. The lowest BCUT2D eigenvalue weighted by molar-refractivity contribution is -0.136. The number of hydrogen-bond donors (Lipinski definition) is 2. The first-order valence-corrected chi connectivity index (χ1v) is 19.6. The Kier molecular flexibility index (Phi) is 9.21. The second kappa shape index (κ2) is 14.3. The van der Waals surface area contributed by atoms with Crippen LogP contribution in [0.5, 0.6) is 5.75 Å². The summed E-state index contributed by atoms with van der Waals surface area (Å²) in [6, 6.07) is 9.66. The predicted molar refractivity (Wildman–Crippen MR) is 210 cm³/mol. The summed E-state index contributed by atoms with van der Waals surface area (Å²) >= 11 is 0. The molecule has 6 heterocycles. The molecule has 2 N–H and O–H groups in total. The molecule has 1 atom stereocenters. The van der Waals surface area contributed by atoms with Crippen LogP contribution in [0.2, 0.25) is 0 Å². The third kappa shape index (κ3) is 6.72. The predicted octanol–water partition coefficient (Wildman–Crippen LogP) is 4.16. The van der Waals surface area contributed by atoms with Gasteiger partial charge in [-0.25, -0.2) is 13.9 Å². The highest BCUT2D eigenvalue weighted by atomic mass is 19.1. The minimum absolute atomic E-state index is 0.0458. The number of nitrogens with one attached hydrogen (secondary N) is 2. The maximum atomic E-state index is 16.1. The van der Waals surface area contributed by atoms with Gasteiger partial charge in [0.2, 0.25) is 11.8 Å². The molecule has 17 heteroatoms. The number of amides is 5. The van der Waals surface area contributed by atoms with Crippen molar-refractivity contribution >= 4 is 57.5 Å². The lowest BCUT2D eigenvalue weighted by atomic mass is 9.88. The maximum absolute atomic E-state index is 16.1. The second-order valence-electron chi connectivity index (χ2n) is 16.1. The summed E-state index contributed by atoms with van der Waals surface area (Å²) in [5.74, 6) is -2.08. The van der Waals surface area contributed by atoms with E-state index in [0.29, 0.717) is 28.3 Å². The van der Waals surface area contributed by atoms with Gasteiger partial charge in [-0.1, -0.05) is 0 Å². The Bertz CT molecular complexity index is 2500. The fourth-order valence-electron chi connectivity index (χ4n) is 8.80. The van der Waals surface area contributed by atoms with Gasteiger partial charge in [0.25, 0.3) is 17.7 Å². The van der Waals surface area contributed by atoms with Crippen LogP contribution in [-0.2, 0) is 9.59 Å². The molecule has 1 saturated carbocycles. The lowest BCUT2D eigenvalue weighted by Crippen LogP contribution is -2.64. The fraction of sp³-hybridized carbons (Fsp3) is 0.415. The highest BCUT2D eigenvalue weighted by Crippen LogP contribution is 2.38. The molecule has 2 saturated heterocycles. The number of ether oxygens (including phenoxy) is 1. The first kappa shape index (κ1) is 37.4. The summed E-state index contributed by atoms with van der Waals surface area (Å²) in [6.45, 7) is 4.40. The molecule has 0 spiro atoms. The summed E-state index contributed by atoms with van der Waals surface area (Å²) < 4.78 is 25.8. The van der Waals surface area contributed by atoms with Crippen molar-refractivity contribution in [3.8, 4) is 5.75 Å². The number of rotatable bonds is 10. The number of carbonyl (C=O) groups is 5. The molecule has 3 fully saturated rings. The molecule has 1 unspecified atom stereocenters. The van der Waals surface area contributed by atoms with Crippen LogP contribution in [0.25, 0.3) is 16.6 Å². The molecule has 2 aromatic carbocycles.